The van der Waals surface area contributed by atoms with E-state index in [-0.39, 0.29) is 23.3 Å². The minimum Gasteiger partial charge on any atom is -0.501 e. The molecule has 0 unspecified atom stereocenters. The molecule has 2 aromatic rings. The van der Waals surface area contributed by atoms with E-state index in [4.69, 9.17) is 19.0 Å². The SMILES string of the molecule is CC(C)COC(=[N-])N1CCC[C@H]1c1nc2ccc(B3OC(C)(C)C(C)(C)O3)cc2[nH]1. The summed E-state index contributed by atoms with van der Waals surface area (Å²) in [5.74, 6) is 1.20. The zero-order valence-corrected chi connectivity index (χ0v) is 18.9. The molecule has 2 aliphatic rings. The van der Waals surface area contributed by atoms with E-state index in [0.29, 0.717) is 12.5 Å². The van der Waals surface area contributed by atoms with E-state index in [1.54, 1.807) is 0 Å². The first-order valence-electron chi connectivity index (χ1n) is 10.9. The summed E-state index contributed by atoms with van der Waals surface area (Å²) in [6, 6.07) is 6.02. The van der Waals surface area contributed by atoms with Crippen molar-refractivity contribution in [2.24, 2.45) is 5.92 Å². The number of likely N-dealkylation sites (tertiary alicyclic amines) is 1. The molecule has 2 aliphatic heterocycles. The lowest BCUT2D eigenvalue weighted by molar-refractivity contribution is 0.00578. The molecule has 0 saturated carbocycles. The Bertz CT molecular complexity index is 924. The Hall–Kier alpha value is -2.06. The molecule has 162 valence electrons. The Balaban J connectivity index is 1.55. The van der Waals surface area contributed by atoms with Crippen LogP contribution in [-0.2, 0) is 14.0 Å². The number of amidine groups is 1. The third-order valence-corrected chi connectivity index (χ3v) is 6.41. The molecule has 2 saturated heterocycles. The maximum Gasteiger partial charge on any atom is 0.494 e. The van der Waals surface area contributed by atoms with Crippen molar-refractivity contribution in [1.82, 2.24) is 14.9 Å². The lowest BCUT2D eigenvalue weighted by atomic mass is 9.79. The van der Waals surface area contributed by atoms with Gasteiger partial charge >= 0.3 is 7.12 Å². The van der Waals surface area contributed by atoms with E-state index in [1.165, 1.54) is 0 Å². The van der Waals surface area contributed by atoms with E-state index in [9.17, 15) is 5.41 Å². The average Bonchev–Trinajstić information content (AvgIpc) is 3.34. The Kier molecular flexibility index (Phi) is 5.35. The molecular weight excluding hydrogens is 379 g/mol. The van der Waals surface area contributed by atoms with Gasteiger partial charge in [0.05, 0.1) is 34.9 Å². The predicted octanol–water partition coefficient (Wildman–Crippen LogP) is 3.60. The summed E-state index contributed by atoms with van der Waals surface area (Å²) >= 11 is 0. The average molecular weight is 411 g/mol. The maximum atomic E-state index is 10.4. The third kappa shape index (κ3) is 3.83. The van der Waals surface area contributed by atoms with Gasteiger partial charge in [0.1, 0.15) is 5.82 Å². The first kappa shape index (κ1) is 21.2. The van der Waals surface area contributed by atoms with E-state index in [1.807, 2.05) is 23.1 Å². The molecular formula is C22H32BN4O3-. The molecule has 0 amide bonds. The Morgan fingerprint density at radius 1 is 1.30 bits per heavy atom. The van der Waals surface area contributed by atoms with E-state index in [2.05, 4.69) is 46.5 Å². The van der Waals surface area contributed by atoms with Crippen LogP contribution in [0.2, 0.25) is 0 Å². The summed E-state index contributed by atoms with van der Waals surface area (Å²) in [4.78, 5) is 10.1. The van der Waals surface area contributed by atoms with Crippen LogP contribution in [0.4, 0.5) is 0 Å². The first-order valence-corrected chi connectivity index (χ1v) is 10.9. The second-order valence-electron chi connectivity index (χ2n) is 9.83. The summed E-state index contributed by atoms with van der Waals surface area (Å²) in [6.07, 6.45) is 1.90. The molecule has 4 rings (SSSR count). The monoisotopic (exact) mass is 411 g/mol. The van der Waals surface area contributed by atoms with Gasteiger partial charge in [0.25, 0.3) is 0 Å². The van der Waals surface area contributed by atoms with Crippen molar-refractivity contribution in [3.8, 4) is 0 Å². The summed E-state index contributed by atoms with van der Waals surface area (Å²) in [7, 11) is -0.407. The molecule has 1 aromatic carbocycles. The van der Waals surface area contributed by atoms with Crippen molar-refractivity contribution in [2.75, 3.05) is 13.2 Å². The van der Waals surface area contributed by atoms with Crippen LogP contribution in [-0.4, -0.2) is 52.4 Å². The maximum absolute atomic E-state index is 10.4. The van der Waals surface area contributed by atoms with Crippen LogP contribution in [0, 0.1) is 5.92 Å². The number of benzene rings is 1. The van der Waals surface area contributed by atoms with Crippen molar-refractivity contribution >= 4 is 29.6 Å². The van der Waals surface area contributed by atoms with Crippen LogP contribution in [0.25, 0.3) is 16.4 Å². The number of hydrogen-bond donors (Lipinski definition) is 1. The van der Waals surface area contributed by atoms with E-state index >= 15 is 0 Å². The Labute approximate surface area is 179 Å². The fourth-order valence-electron chi connectivity index (χ4n) is 3.93. The molecule has 7 nitrogen and oxygen atoms in total. The molecule has 3 heterocycles. The van der Waals surface area contributed by atoms with Gasteiger partial charge in [-0.3, -0.25) is 0 Å². The summed E-state index contributed by atoms with van der Waals surface area (Å²) in [5.41, 5.74) is 2.04. The Morgan fingerprint density at radius 3 is 2.67 bits per heavy atom. The zero-order chi connectivity index (χ0) is 21.7. The predicted molar refractivity (Wildman–Crippen MR) is 120 cm³/mol. The highest BCUT2D eigenvalue weighted by Crippen LogP contribution is 2.37. The number of aromatic nitrogens is 2. The molecule has 0 aliphatic carbocycles. The minimum absolute atomic E-state index is 0.00966. The summed E-state index contributed by atoms with van der Waals surface area (Å²) < 4.78 is 17.9. The van der Waals surface area contributed by atoms with Gasteiger partial charge in [-0.2, -0.15) is 0 Å². The Morgan fingerprint density at radius 2 is 2.00 bits per heavy atom. The number of rotatable bonds is 4. The number of nitrogens with one attached hydrogen (secondary N) is 1. The van der Waals surface area contributed by atoms with Crippen LogP contribution in [0.3, 0.4) is 0 Å². The van der Waals surface area contributed by atoms with Crippen LogP contribution in [0.5, 0.6) is 0 Å². The minimum atomic E-state index is -0.407. The van der Waals surface area contributed by atoms with Gasteiger partial charge in [0, 0.05) is 6.04 Å². The first-order chi connectivity index (χ1) is 14.1. The number of fused-ring (bicyclic) bond motifs is 1. The van der Waals surface area contributed by atoms with Crippen molar-refractivity contribution in [1.29, 1.82) is 0 Å². The topological polar surface area (TPSA) is 81.9 Å². The van der Waals surface area contributed by atoms with Crippen LogP contribution >= 0.6 is 0 Å². The van der Waals surface area contributed by atoms with Crippen LogP contribution in [0.1, 0.15) is 66.3 Å². The largest absolute Gasteiger partial charge is 0.501 e. The highest BCUT2D eigenvalue weighted by atomic mass is 16.7. The quantitative estimate of drug-likeness (QED) is 0.472. The number of H-pyrrole nitrogens is 1. The standard InChI is InChI=1S/C22H32BN4O3/c1-14(2)13-28-20(24)27-11-7-8-18(27)19-25-16-10-9-15(12-17(16)26-19)23-29-21(3,4)22(5,6)30-23/h9-10,12,14,18H,7-8,11,13H2,1-6H3,(H,25,26)/q-1/t18-/m0/s1. The third-order valence-electron chi connectivity index (χ3n) is 6.41. The molecule has 8 heteroatoms. The van der Waals surface area contributed by atoms with Crippen molar-refractivity contribution in [3.05, 3.63) is 29.4 Å². The van der Waals surface area contributed by atoms with Gasteiger partial charge in [0.2, 0.25) is 0 Å². The fraction of sp³-hybridized carbons (Fsp3) is 0.636. The van der Waals surface area contributed by atoms with Crippen molar-refractivity contribution < 1.29 is 14.0 Å². The van der Waals surface area contributed by atoms with Gasteiger partial charge in [-0.15, -0.1) is 0 Å². The number of hydrogen-bond acceptors (Lipinski definition) is 4. The van der Waals surface area contributed by atoms with Crippen molar-refractivity contribution in [3.63, 3.8) is 0 Å². The molecule has 30 heavy (non-hydrogen) atoms. The number of nitrogens with zero attached hydrogens (tertiary/aromatic N) is 3. The van der Waals surface area contributed by atoms with E-state index in [0.717, 1.165) is 41.7 Å². The lowest BCUT2D eigenvalue weighted by Crippen LogP contribution is -2.41. The molecule has 2 fully saturated rings. The van der Waals surface area contributed by atoms with Gasteiger partial charge < -0.3 is 29.3 Å². The second-order valence-corrected chi connectivity index (χ2v) is 9.83. The zero-order valence-electron chi connectivity index (χ0n) is 18.9. The highest BCUT2D eigenvalue weighted by molar-refractivity contribution is 6.62. The van der Waals surface area contributed by atoms with Crippen LogP contribution in [0.15, 0.2) is 18.2 Å². The number of imidazole rings is 1. The lowest BCUT2D eigenvalue weighted by Gasteiger charge is -2.34. The van der Waals surface area contributed by atoms with Gasteiger partial charge in [0.15, 0.2) is 0 Å². The molecule has 1 N–H and O–H groups in total. The highest BCUT2D eigenvalue weighted by Gasteiger charge is 2.51. The van der Waals surface area contributed by atoms with Crippen molar-refractivity contribution in [2.45, 2.75) is 71.6 Å². The molecule has 1 aromatic heterocycles. The number of aromatic amines is 1. The second kappa shape index (κ2) is 7.57. The molecule has 0 bridgehead atoms. The molecule has 1 atom stereocenters. The number of ether oxygens (including phenoxy) is 1. The van der Waals surface area contributed by atoms with Gasteiger partial charge in [-0.05, 0) is 64.2 Å². The summed E-state index contributed by atoms with van der Waals surface area (Å²) in [6.45, 7) is 13.6. The molecule has 0 radical (unpaired) electrons. The smallest absolute Gasteiger partial charge is 0.494 e. The fourth-order valence-corrected chi connectivity index (χ4v) is 3.93. The molecule has 0 spiro atoms. The normalized spacial score (nSPS) is 23.0. The van der Waals surface area contributed by atoms with Crippen LogP contribution < -0.4 is 5.46 Å². The van der Waals surface area contributed by atoms with Gasteiger partial charge in [-0.1, -0.05) is 26.3 Å². The van der Waals surface area contributed by atoms with Gasteiger partial charge in [-0.25, -0.2) is 4.98 Å². The van der Waals surface area contributed by atoms with E-state index < -0.39 is 7.12 Å². The summed E-state index contributed by atoms with van der Waals surface area (Å²) in [5, 5.41) is 10.4.